The lowest BCUT2D eigenvalue weighted by Crippen LogP contribution is -2.23. The highest BCUT2D eigenvalue weighted by molar-refractivity contribution is 5.07. The van der Waals surface area contributed by atoms with Crippen LogP contribution in [0.25, 0.3) is 0 Å². The number of H-pyrrole nitrogens is 1. The Morgan fingerprint density at radius 3 is 2.65 bits per heavy atom. The normalized spacial score (nSPS) is 26.6. The van der Waals surface area contributed by atoms with Crippen molar-refractivity contribution in [2.24, 2.45) is 5.92 Å². The Kier molecular flexibility index (Phi) is 4.20. The molecule has 2 saturated carbocycles. The van der Waals surface area contributed by atoms with Crippen molar-refractivity contribution in [2.75, 3.05) is 0 Å². The number of aromatic amines is 1. The number of hydrogen-bond acceptors (Lipinski definition) is 3. The zero-order valence-electron chi connectivity index (χ0n) is 12.3. The fourth-order valence-corrected chi connectivity index (χ4v) is 3.19. The third kappa shape index (κ3) is 3.48. The summed E-state index contributed by atoms with van der Waals surface area (Å²) in [6.45, 7) is 3.00. The van der Waals surface area contributed by atoms with Crippen LogP contribution in [0.2, 0.25) is 0 Å². The number of hydrogen-bond donors (Lipinski definition) is 2. The van der Waals surface area contributed by atoms with Crippen LogP contribution in [-0.4, -0.2) is 16.0 Å². The molecule has 4 heteroatoms. The maximum absolute atomic E-state index is 11.8. The Morgan fingerprint density at radius 1 is 1.25 bits per heavy atom. The van der Waals surface area contributed by atoms with Gasteiger partial charge in [0.1, 0.15) is 5.82 Å². The maximum atomic E-state index is 11.8. The van der Waals surface area contributed by atoms with Gasteiger partial charge < -0.3 is 10.3 Å². The summed E-state index contributed by atoms with van der Waals surface area (Å²) in [4.78, 5) is 19.5. The largest absolute Gasteiger partial charge is 0.310 e. The smallest absolute Gasteiger partial charge is 0.251 e. The summed E-state index contributed by atoms with van der Waals surface area (Å²) < 4.78 is 0. The molecule has 1 heterocycles. The monoisotopic (exact) mass is 275 g/mol. The van der Waals surface area contributed by atoms with Crippen LogP contribution in [0, 0.1) is 5.92 Å². The predicted octanol–water partition coefficient (Wildman–Crippen LogP) is 2.71. The summed E-state index contributed by atoms with van der Waals surface area (Å²) in [6.07, 6.45) is 8.68. The van der Waals surface area contributed by atoms with Crippen molar-refractivity contribution in [1.29, 1.82) is 0 Å². The first-order chi connectivity index (χ1) is 9.74. The average Bonchev–Trinajstić information content (AvgIpc) is 3.29. The molecule has 0 aliphatic heterocycles. The van der Waals surface area contributed by atoms with Crippen molar-refractivity contribution in [3.05, 3.63) is 27.9 Å². The fraction of sp³-hybridized carbons (Fsp3) is 0.750. The van der Waals surface area contributed by atoms with E-state index in [4.69, 9.17) is 0 Å². The molecule has 0 radical (unpaired) electrons. The Labute approximate surface area is 120 Å². The lowest BCUT2D eigenvalue weighted by molar-refractivity contribution is 0.311. The van der Waals surface area contributed by atoms with Crippen molar-refractivity contribution >= 4 is 0 Å². The highest BCUT2D eigenvalue weighted by Crippen LogP contribution is 2.35. The van der Waals surface area contributed by atoms with Crippen molar-refractivity contribution < 1.29 is 0 Å². The van der Waals surface area contributed by atoms with E-state index in [-0.39, 0.29) is 5.56 Å². The molecule has 1 aromatic rings. The van der Waals surface area contributed by atoms with Crippen LogP contribution in [0.5, 0.6) is 0 Å². The van der Waals surface area contributed by atoms with Crippen LogP contribution in [0.3, 0.4) is 0 Å². The summed E-state index contributed by atoms with van der Waals surface area (Å²) in [7, 11) is 0. The molecule has 0 saturated heterocycles. The lowest BCUT2D eigenvalue weighted by Gasteiger charge is -2.27. The van der Waals surface area contributed by atoms with Gasteiger partial charge in [0.25, 0.3) is 5.56 Å². The molecule has 2 fully saturated rings. The van der Waals surface area contributed by atoms with Gasteiger partial charge in [-0.05, 0) is 44.4 Å². The minimum atomic E-state index is 0.000196. The van der Waals surface area contributed by atoms with Crippen LogP contribution in [0.15, 0.2) is 10.9 Å². The average molecular weight is 275 g/mol. The van der Waals surface area contributed by atoms with Crippen molar-refractivity contribution in [3.63, 3.8) is 0 Å². The number of rotatable bonds is 5. The molecular weight excluding hydrogens is 250 g/mol. The highest BCUT2D eigenvalue weighted by Gasteiger charge is 2.24. The second-order valence-electron chi connectivity index (χ2n) is 6.40. The Balaban J connectivity index is 1.67. The minimum Gasteiger partial charge on any atom is -0.310 e. The van der Waals surface area contributed by atoms with Gasteiger partial charge in [-0.1, -0.05) is 13.3 Å². The summed E-state index contributed by atoms with van der Waals surface area (Å²) >= 11 is 0. The lowest BCUT2D eigenvalue weighted by atomic mass is 9.80. The molecular formula is C16H25N3O. The van der Waals surface area contributed by atoms with Gasteiger partial charge in [0.2, 0.25) is 0 Å². The zero-order chi connectivity index (χ0) is 13.9. The van der Waals surface area contributed by atoms with E-state index < -0.39 is 0 Å². The predicted molar refractivity (Wildman–Crippen MR) is 79.7 cm³/mol. The molecule has 4 nitrogen and oxygen atoms in total. The van der Waals surface area contributed by atoms with E-state index in [0.717, 1.165) is 24.0 Å². The van der Waals surface area contributed by atoms with Gasteiger partial charge in [0.05, 0.1) is 5.69 Å². The first kappa shape index (κ1) is 13.8. The molecule has 0 unspecified atom stereocenters. The SMILES string of the molecule is CCC1CCC(c2nc(CNC3CC3)cc(=O)[nH]2)CC1. The van der Waals surface area contributed by atoms with E-state index in [9.17, 15) is 4.79 Å². The third-order valence-electron chi connectivity index (χ3n) is 4.77. The minimum absolute atomic E-state index is 0.000196. The van der Waals surface area contributed by atoms with E-state index in [1.807, 2.05) is 0 Å². The molecule has 110 valence electrons. The summed E-state index contributed by atoms with van der Waals surface area (Å²) in [5.41, 5.74) is 0.897. The van der Waals surface area contributed by atoms with Gasteiger partial charge in [0.15, 0.2) is 0 Å². The zero-order valence-corrected chi connectivity index (χ0v) is 12.3. The van der Waals surface area contributed by atoms with Gasteiger partial charge in [-0.3, -0.25) is 4.79 Å². The van der Waals surface area contributed by atoms with Crippen LogP contribution in [-0.2, 0) is 6.54 Å². The molecule has 0 atom stereocenters. The van der Waals surface area contributed by atoms with Crippen molar-refractivity contribution in [2.45, 2.75) is 70.4 Å². The summed E-state index contributed by atoms with van der Waals surface area (Å²) in [6, 6.07) is 2.29. The van der Waals surface area contributed by atoms with E-state index >= 15 is 0 Å². The number of nitrogens with zero attached hydrogens (tertiary/aromatic N) is 1. The molecule has 2 aliphatic rings. The van der Waals surface area contributed by atoms with E-state index in [1.165, 1.54) is 44.9 Å². The maximum Gasteiger partial charge on any atom is 0.251 e. The summed E-state index contributed by atoms with van der Waals surface area (Å²) in [5, 5.41) is 3.43. The molecule has 0 aromatic carbocycles. The van der Waals surface area contributed by atoms with E-state index in [0.29, 0.717) is 12.0 Å². The topological polar surface area (TPSA) is 57.8 Å². The molecule has 1 aromatic heterocycles. The van der Waals surface area contributed by atoms with Gasteiger partial charge >= 0.3 is 0 Å². The number of aromatic nitrogens is 2. The second-order valence-corrected chi connectivity index (χ2v) is 6.40. The van der Waals surface area contributed by atoms with E-state index in [2.05, 4.69) is 22.2 Å². The second kappa shape index (κ2) is 6.08. The van der Waals surface area contributed by atoms with Gasteiger partial charge in [-0.2, -0.15) is 0 Å². The van der Waals surface area contributed by atoms with Gasteiger partial charge in [-0.25, -0.2) is 4.98 Å². The van der Waals surface area contributed by atoms with Crippen LogP contribution in [0.1, 0.15) is 69.3 Å². The molecule has 0 spiro atoms. The molecule has 2 N–H and O–H groups in total. The van der Waals surface area contributed by atoms with Crippen molar-refractivity contribution in [3.8, 4) is 0 Å². The molecule has 2 aliphatic carbocycles. The first-order valence-corrected chi connectivity index (χ1v) is 8.08. The highest BCUT2D eigenvalue weighted by atomic mass is 16.1. The Bertz CT molecular complexity index is 499. The standard InChI is InChI=1S/C16H25N3O/c1-2-11-3-5-12(6-4-11)16-18-14(9-15(20)19-16)10-17-13-7-8-13/h9,11-13,17H,2-8,10H2,1H3,(H,18,19,20). The third-order valence-corrected chi connectivity index (χ3v) is 4.77. The molecule has 3 rings (SSSR count). The van der Waals surface area contributed by atoms with Crippen LogP contribution < -0.4 is 10.9 Å². The van der Waals surface area contributed by atoms with Crippen LogP contribution >= 0.6 is 0 Å². The fourth-order valence-electron chi connectivity index (χ4n) is 3.19. The Hall–Kier alpha value is -1.16. The van der Waals surface area contributed by atoms with Gasteiger partial charge in [0, 0.05) is 24.6 Å². The Morgan fingerprint density at radius 2 is 2.00 bits per heavy atom. The molecule has 20 heavy (non-hydrogen) atoms. The quantitative estimate of drug-likeness (QED) is 0.868. The number of nitrogens with one attached hydrogen (secondary N) is 2. The van der Waals surface area contributed by atoms with Gasteiger partial charge in [-0.15, -0.1) is 0 Å². The van der Waals surface area contributed by atoms with E-state index in [1.54, 1.807) is 6.07 Å². The summed E-state index contributed by atoms with van der Waals surface area (Å²) in [5.74, 6) is 2.24. The van der Waals surface area contributed by atoms with Crippen LogP contribution in [0.4, 0.5) is 0 Å². The molecule has 0 amide bonds. The van der Waals surface area contributed by atoms with Crippen molar-refractivity contribution in [1.82, 2.24) is 15.3 Å². The molecule has 0 bridgehead atoms. The first-order valence-electron chi connectivity index (χ1n) is 8.08.